The summed E-state index contributed by atoms with van der Waals surface area (Å²) >= 11 is 0. The molecule has 0 aliphatic heterocycles. The Bertz CT molecular complexity index is 193. The van der Waals surface area contributed by atoms with Crippen molar-refractivity contribution in [2.75, 3.05) is 6.61 Å². The molecule has 0 saturated carbocycles. The number of hydrogen-bond acceptors (Lipinski definition) is 3. The molecule has 5 N–H and O–H groups in total. The van der Waals surface area contributed by atoms with Crippen molar-refractivity contribution in [3.05, 3.63) is 0 Å². The second-order valence-corrected chi connectivity index (χ2v) is 5.85. The van der Waals surface area contributed by atoms with Crippen molar-refractivity contribution in [1.29, 1.82) is 0 Å². The standard InChI is InChI=1S/C2H8O7P2.K/c3-1-2(10(4,5)6)11(7,8)9;/h2-3H,1H2,(H2,4,5,6)(H2,7,8,9);. The van der Waals surface area contributed by atoms with E-state index in [1.165, 1.54) is 0 Å². The maximum atomic E-state index is 10.3. The Hall–Kier alpha value is 1.90. The van der Waals surface area contributed by atoms with Gasteiger partial charge in [-0.3, -0.25) is 9.13 Å². The summed E-state index contributed by atoms with van der Waals surface area (Å²) < 4.78 is 20.5. The first-order valence-electron chi connectivity index (χ1n) is 2.41. The Labute approximate surface area is 111 Å². The van der Waals surface area contributed by atoms with Gasteiger partial charge in [0, 0.05) is 51.4 Å². The molecule has 0 atom stereocenters. The molecule has 0 spiro atoms. The van der Waals surface area contributed by atoms with Gasteiger partial charge in [0.1, 0.15) is 0 Å². The summed E-state index contributed by atoms with van der Waals surface area (Å²) in [7, 11) is -9.82. The van der Waals surface area contributed by atoms with Gasteiger partial charge in [0.25, 0.3) is 0 Å². The fraction of sp³-hybridized carbons (Fsp3) is 1.00. The summed E-state index contributed by atoms with van der Waals surface area (Å²) in [5.41, 5.74) is 0. The summed E-state index contributed by atoms with van der Waals surface area (Å²) in [6, 6.07) is 0. The van der Waals surface area contributed by atoms with Gasteiger partial charge >= 0.3 is 15.2 Å². The van der Waals surface area contributed by atoms with Crippen molar-refractivity contribution < 1.29 is 33.8 Å². The third kappa shape index (κ3) is 5.59. The minimum absolute atomic E-state index is 0. The van der Waals surface area contributed by atoms with E-state index in [1.54, 1.807) is 0 Å². The fourth-order valence-electron chi connectivity index (χ4n) is 0.409. The summed E-state index contributed by atoms with van der Waals surface area (Å²) in [6.07, 6.45) is 0. The first-order chi connectivity index (χ1) is 4.69. The molecule has 1 radical (unpaired) electrons. The summed E-state index contributed by atoms with van der Waals surface area (Å²) in [5, 5.41) is 5.92. The van der Waals surface area contributed by atoms with Gasteiger partial charge < -0.3 is 24.7 Å². The Morgan fingerprint density at radius 3 is 1.25 bits per heavy atom. The van der Waals surface area contributed by atoms with Crippen molar-refractivity contribution in [3.63, 3.8) is 0 Å². The largest absolute Gasteiger partial charge is 0.395 e. The van der Waals surface area contributed by atoms with Gasteiger partial charge in [-0.2, -0.15) is 0 Å². The first-order valence-corrected chi connectivity index (χ1v) is 5.77. The fourth-order valence-corrected chi connectivity index (χ4v) is 2.40. The van der Waals surface area contributed by atoms with E-state index in [-0.39, 0.29) is 51.4 Å². The van der Waals surface area contributed by atoms with Crippen molar-refractivity contribution >= 4 is 66.6 Å². The van der Waals surface area contributed by atoms with Crippen LogP contribution in [0, 0.1) is 0 Å². The van der Waals surface area contributed by atoms with Gasteiger partial charge in [-0.1, -0.05) is 0 Å². The minimum atomic E-state index is -4.91. The molecule has 0 heterocycles. The molecule has 0 bridgehead atoms. The van der Waals surface area contributed by atoms with E-state index in [0.29, 0.717) is 0 Å². The predicted molar refractivity (Wildman–Crippen MR) is 40.7 cm³/mol. The quantitative estimate of drug-likeness (QED) is 0.294. The average molecular weight is 245 g/mol. The van der Waals surface area contributed by atoms with Crippen LogP contribution in [0.2, 0.25) is 0 Å². The summed E-state index contributed by atoms with van der Waals surface area (Å²) in [4.78, 5) is 33.1. The molecule has 0 aliphatic rings. The molecule has 0 aromatic rings. The van der Waals surface area contributed by atoms with Gasteiger partial charge in [-0.25, -0.2) is 0 Å². The van der Waals surface area contributed by atoms with Crippen LogP contribution < -0.4 is 0 Å². The van der Waals surface area contributed by atoms with E-state index in [9.17, 15) is 9.13 Å². The molecule has 0 saturated heterocycles. The maximum absolute atomic E-state index is 10.3. The van der Waals surface area contributed by atoms with E-state index >= 15 is 0 Å². The normalized spacial score (nSPS) is 12.8. The number of aliphatic hydroxyl groups excluding tert-OH is 1. The zero-order chi connectivity index (χ0) is 9.28. The SMILES string of the molecule is O=P(O)(O)C(CO)P(=O)(O)O.[K]. The molecular formula is C2H8KO7P2. The summed E-state index contributed by atoms with van der Waals surface area (Å²) in [5.74, 6) is 0. The van der Waals surface area contributed by atoms with Crippen molar-refractivity contribution in [1.82, 2.24) is 0 Å². The van der Waals surface area contributed by atoms with Crippen LogP contribution in [0.5, 0.6) is 0 Å². The topological polar surface area (TPSA) is 135 Å². The van der Waals surface area contributed by atoms with Gasteiger partial charge in [0.15, 0.2) is 5.40 Å². The second-order valence-electron chi connectivity index (χ2n) is 1.84. The third-order valence-electron chi connectivity index (χ3n) is 0.940. The van der Waals surface area contributed by atoms with Gasteiger partial charge in [0.2, 0.25) is 0 Å². The van der Waals surface area contributed by atoms with Crippen LogP contribution in [0.25, 0.3) is 0 Å². The molecule has 0 aliphatic carbocycles. The van der Waals surface area contributed by atoms with Crippen molar-refractivity contribution in [2.45, 2.75) is 5.40 Å². The van der Waals surface area contributed by atoms with E-state index in [4.69, 9.17) is 24.7 Å². The number of hydrogen-bond donors (Lipinski definition) is 5. The average Bonchev–Trinajstić information content (AvgIpc) is 1.56. The molecule has 0 aromatic carbocycles. The number of aliphatic hydroxyl groups is 1. The zero-order valence-electron chi connectivity index (χ0n) is 6.23. The molecule has 69 valence electrons. The predicted octanol–water partition coefficient (Wildman–Crippen LogP) is -1.72. The zero-order valence-corrected chi connectivity index (χ0v) is 11.1. The maximum Gasteiger partial charge on any atom is 0.343 e. The molecule has 10 heteroatoms. The van der Waals surface area contributed by atoms with E-state index in [1.807, 2.05) is 0 Å². The van der Waals surface area contributed by atoms with Crippen LogP contribution in [-0.4, -0.2) is 88.1 Å². The first kappa shape index (κ1) is 16.3. The minimum Gasteiger partial charge on any atom is -0.395 e. The van der Waals surface area contributed by atoms with Gasteiger partial charge in [-0.05, 0) is 0 Å². The van der Waals surface area contributed by atoms with Crippen molar-refractivity contribution in [2.24, 2.45) is 0 Å². The van der Waals surface area contributed by atoms with Gasteiger partial charge in [-0.15, -0.1) is 0 Å². The van der Waals surface area contributed by atoms with Crippen LogP contribution in [0.4, 0.5) is 0 Å². The Morgan fingerprint density at radius 1 is 1.00 bits per heavy atom. The number of rotatable bonds is 3. The molecule has 12 heavy (non-hydrogen) atoms. The molecular weight excluding hydrogens is 237 g/mol. The molecule has 0 aromatic heterocycles. The second kappa shape index (κ2) is 5.70. The van der Waals surface area contributed by atoms with Crippen LogP contribution in [-0.2, 0) is 9.13 Å². The van der Waals surface area contributed by atoms with Gasteiger partial charge in [0.05, 0.1) is 6.61 Å². The molecule has 0 amide bonds. The summed E-state index contributed by atoms with van der Waals surface area (Å²) in [6.45, 7) is -1.24. The monoisotopic (exact) mass is 245 g/mol. The molecule has 0 fully saturated rings. The Kier molecular flexibility index (Phi) is 7.76. The van der Waals surface area contributed by atoms with Crippen LogP contribution in [0.1, 0.15) is 0 Å². The van der Waals surface area contributed by atoms with Crippen LogP contribution in [0.3, 0.4) is 0 Å². The Morgan fingerprint density at radius 2 is 1.25 bits per heavy atom. The van der Waals surface area contributed by atoms with Crippen molar-refractivity contribution in [3.8, 4) is 0 Å². The molecule has 0 unspecified atom stereocenters. The Balaban J connectivity index is 0. The molecule has 0 rings (SSSR count). The van der Waals surface area contributed by atoms with E-state index in [2.05, 4.69) is 0 Å². The third-order valence-corrected chi connectivity index (χ3v) is 4.62. The van der Waals surface area contributed by atoms with E-state index in [0.717, 1.165) is 0 Å². The van der Waals surface area contributed by atoms with Crippen LogP contribution in [0.15, 0.2) is 0 Å². The van der Waals surface area contributed by atoms with Crippen LogP contribution >= 0.6 is 15.2 Å². The van der Waals surface area contributed by atoms with E-state index < -0.39 is 27.2 Å². The smallest absolute Gasteiger partial charge is 0.343 e. The molecule has 7 nitrogen and oxygen atoms in total.